The maximum absolute atomic E-state index is 5.22. The summed E-state index contributed by atoms with van der Waals surface area (Å²) in [5.41, 5.74) is 7.16. The first-order valence-corrected chi connectivity index (χ1v) is 13.0. The Morgan fingerprint density at radius 3 is 2.78 bits per heavy atom. The predicted octanol–water partition coefficient (Wildman–Crippen LogP) is 4.64. The van der Waals surface area contributed by atoms with E-state index in [1.54, 1.807) is 0 Å². The second kappa shape index (κ2) is 10.2. The fraction of sp³-hybridized carbons (Fsp3) is 0.379. The van der Waals surface area contributed by atoms with Crippen molar-refractivity contribution in [1.29, 1.82) is 0 Å². The van der Waals surface area contributed by atoms with E-state index in [0.717, 1.165) is 67.5 Å². The molecule has 184 valence electrons. The van der Waals surface area contributed by atoms with E-state index in [4.69, 9.17) is 4.99 Å². The molecule has 0 radical (unpaired) electrons. The van der Waals surface area contributed by atoms with Gasteiger partial charge >= 0.3 is 0 Å². The molecule has 3 aliphatic rings. The molecule has 36 heavy (non-hydrogen) atoms. The number of benzene rings is 1. The largest absolute Gasteiger partial charge is 0.363 e. The summed E-state index contributed by atoms with van der Waals surface area (Å²) in [7, 11) is 0. The van der Waals surface area contributed by atoms with Crippen LogP contribution < -0.4 is 10.6 Å². The fourth-order valence-electron chi connectivity index (χ4n) is 5.45. The number of hydrogen-bond acceptors (Lipinski definition) is 6. The molecular weight excluding hydrogens is 446 g/mol. The molecule has 0 spiro atoms. The Balaban J connectivity index is 1.29. The zero-order chi connectivity index (χ0) is 24.3. The zero-order valence-corrected chi connectivity index (χ0v) is 20.7. The van der Waals surface area contributed by atoms with Gasteiger partial charge in [0.2, 0.25) is 0 Å². The van der Waals surface area contributed by atoms with E-state index >= 15 is 0 Å². The maximum Gasteiger partial charge on any atom is 0.133 e. The number of pyridine rings is 2. The summed E-state index contributed by atoms with van der Waals surface area (Å²) in [6.45, 7) is 8.17. The van der Waals surface area contributed by atoms with Crippen LogP contribution in [-0.4, -0.2) is 53.6 Å². The van der Waals surface area contributed by atoms with Gasteiger partial charge in [0.05, 0.1) is 24.5 Å². The Morgan fingerprint density at radius 2 is 1.94 bits per heavy atom. The van der Waals surface area contributed by atoms with Gasteiger partial charge in [-0.25, -0.2) is 4.98 Å². The number of aliphatic imine (C=N–C) groups is 2. The molecule has 1 atom stereocenters. The third-order valence-corrected chi connectivity index (χ3v) is 7.47. The van der Waals surface area contributed by atoms with E-state index in [9.17, 15) is 0 Å². The Hall–Kier alpha value is -3.58. The third kappa shape index (κ3) is 4.75. The second-order valence-electron chi connectivity index (χ2n) is 9.92. The molecule has 2 aromatic heterocycles. The number of amidine groups is 1. The average molecular weight is 480 g/mol. The minimum Gasteiger partial charge on any atom is -0.363 e. The lowest BCUT2D eigenvalue weighted by Gasteiger charge is -2.32. The van der Waals surface area contributed by atoms with Crippen molar-refractivity contribution in [3.8, 4) is 0 Å². The van der Waals surface area contributed by atoms with Gasteiger partial charge in [-0.1, -0.05) is 24.3 Å². The van der Waals surface area contributed by atoms with Gasteiger partial charge in [-0.2, -0.15) is 0 Å². The molecule has 0 unspecified atom stereocenters. The SMILES string of the molecule is C=Nc1cncc(C2CC2)c1/C(=N\Cc1ccnc(N[C@@H]2CCc3ccccc32)c1)N1CCNCC1. The van der Waals surface area contributed by atoms with Crippen LogP contribution in [0.15, 0.2) is 65.0 Å². The number of aromatic nitrogens is 2. The molecule has 2 fully saturated rings. The van der Waals surface area contributed by atoms with Gasteiger partial charge in [-0.05, 0) is 72.7 Å². The van der Waals surface area contributed by atoms with Crippen LogP contribution in [0.2, 0.25) is 0 Å². The van der Waals surface area contributed by atoms with E-state index in [-0.39, 0.29) is 0 Å². The summed E-state index contributed by atoms with van der Waals surface area (Å²) in [5, 5.41) is 7.12. The zero-order valence-electron chi connectivity index (χ0n) is 20.7. The standard InChI is InChI=1S/C29H33N7/c1-30-26-19-32-18-24(22-6-7-22)28(26)29(36-14-12-31-13-15-36)34-17-20-10-11-33-27(16-20)35-25-9-8-21-4-2-3-5-23(21)25/h2-5,10-11,16,18-19,22,25,31H,1,6-9,12-15,17H2,(H,33,35)/b34-29+/t25-/m1/s1. The van der Waals surface area contributed by atoms with E-state index < -0.39 is 0 Å². The first-order chi connectivity index (χ1) is 17.8. The number of nitrogens with one attached hydrogen (secondary N) is 2. The third-order valence-electron chi connectivity index (χ3n) is 7.47. The molecule has 7 nitrogen and oxygen atoms in total. The van der Waals surface area contributed by atoms with Crippen molar-refractivity contribution >= 4 is 24.1 Å². The lowest BCUT2D eigenvalue weighted by atomic mass is 10.0. The van der Waals surface area contributed by atoms with Crippen LogP contribution >= 0.6 is 0 Å². The summed E-state index contributed by atoms with van der Waals surface area (Å²) < 4.78 is 0. The minimum absolute atomic E-state index is 0.308. The number of fused-ring (bicyclic) bond motifs is 1. The predicted molar refractivity (Wildman–Crippen MR) is 145 cm³/mol. The average Bonchev–Trinajstić information content (AvgIpc) is 3.71. The van der Waals surface area contributed by atoms with Gasteiger partial charge in [-0.15, -0.1) is 0 Å². The van der Waals surface area contributed by atoms with E-state index in [1.165, 1.54) is 29.5 Å². The number of aryl methyl sites for hydroxylation is 1. The first-order valence-electron chi connectivity index (χ1n) is 13.0. The highest BCUT2D eigenvalue weighted by molar-refractivity contribution is 6.04. The van der Waals surface area contributed by atoms with Crippen LogP contribution in [0.25, 0.3) is 0 Å². The molecule has 0 amide bonds. The van der Waals surface area contributed by atoms with Gasteiger partial charge in [-0.3, -0.25) is 15.0 Å². The Labute approximate surface area is 212 Å². The quantitative estimate of drug-likeness (QED) is 0.381. The molecule has 3 heterocycles. The molecule has 1 aliphatic heterocycles. The van der Waals surface area contributed by atoms with Crippen LogP contribution in [0, 0.1) is 0 Å². The molecule has 6 rings (SSSR count). The lowest BCUT2D eigenvalue weighted by Crippen LogP contribution is -2.47. The lowest BCUT2D eigenvalue weighted by molar-refractivity contribution is 0.357. The first kappa shape index (κ1) is 22.9. The van der Waals surface area contributed by atoms with E-state index in [2.05, 4.69) is 73.6 Å². The van der Waals surface area contributed by atoms with E-state index in [1.807, 2.05) is 18.6 Å². The van der Waals surface area contributed by atoms with Crippen LogP contribution in [0.1, 0.15) is 59.0 Å². The van der Waals surface area contributed by atoms with Crippen LogP contribution in [0.4, 0.5) is 11.5 Å². The Morgan fingerprint density at radius 1 is 1.08 bits per heavy atom. The number of nitrogens with zero attached hydrogens (tertiary/aromatic N) is 5. The highest BCUT2D eigenvalue weighted by Crippen LogP contribution is 2.43. The number of anilines is 1. The number of hydrogen-bond donors (Lipinski definition) is 2. The van der Waals surface area contributed by atoms with Crippen molar-refractivity contribution < 1.29 is 0 Å². The fourth-order valence-corrected chi connectivity index (χ4v) is 5.45. The molecule has 1 aromatic carbocycles. The van der Waals surface area contributed by atoms with Crippen molar-refractivity contribution in [2.75, 3.05) is 31.5 Å². The Bertz CT molecular complexity index is 1270. The summed E-state index contributed by atoms with van der Waals surface area (Å²) in [5.74, 6) is 2.47. The monoisotopic (exact) mass is 479 g/mol. The van der Waals surface area contributed by atoms with Crippen molar-refractivity contribution in [3.63, 3.8) is 0 Å². The summed E-state index contributed by atoms with van der Waals surface area (Å²) >= 11 is 0. The van der Waals surface area contributed by atoms with Gasteiger partial charge in [0.1, 0.15) is 11.7 Å². The highest BCUT2D eigenvalue weighted by Gasteiger charge is 2.31. The van der Waals surface area contributed by atoms with Crippen molar-refractivity contribution in [2.24, 2.45) is 9.98 Å². The molecule has 3 aromatic rings. The van der Waals surface area contributed by atoms with Gasteiger partial charge in [0.25, 0.3) is 0 Å². The van der Waals surface area contributed by atoms with Gasteiger partial charge < -0.3 is 15.5 Å². The topological polar surface area (TPSA) is 77.8 Å². The molecule has 0 bridgehead atoms. The second-order valence-corrected chi connectivity index (χ2v) is 9.92. The molecular formula is C29H33N7. The molecule has 1 saturated carbocycles. The number of rotatable bonds is 7. The van der Waals surface area contributed by atoms with Gasteiger partial charge in [0, 0.05) is 44.1 Å². The molecule has 2 aliphatic carbocycles. The van der Waals surface area contributed by atoms with Crippen molar-refractivity contribution in [1.82, 2.24) is 20.2 Å². The summed E-state index contributed by atoms with van der Waals surface area (Å²) in [4.78, 5) is 21.0. The summed E-state index contributed by atoms with van der Waals surface area (Å²) in [6, 6.07) is 13.2. The normalized spacial score (nSPS) is 19.7. The van der Waals surface area contributed by atoms with E-state index in [0.29, 0.717) is 18.5 Å². The van der Waals surface area contributed by atoms with Crippen LogP contribution in [0.3, 0.4) is 0 Å². The van der Waals surface area contributed by atoms with Gasteiger partial charge in [0.15, 0.2) is 0 Å². The number of piperazine rings is 1. The summed E-state index contributed by atoms with van der Waals surface area (Å²) in [6.07, 6.45) is 10.3. The molecule has 2 N–H and O–H groups in total. The smallest absolute Gasteiger partial charge is 0.133 e. The maximum atomic E-state index is 5.22. The Kier molecular flexibility index (Phi) is 6.47. The molecule has 1 saturated heterocycles. The molecule has 7 heteroatoms. The van der Waals surface area contributed by atoms with Crippen LogP contribution in [-0.2, 0) is 13.0 Å². The van der Waals surface area contributed by atoms with Crippen molar-refractivity contribution in [2.45, 2.75) is 44.2 Å². The van der Waals surface area contributed by atoms with Crippen LogP contribution in [0.5, 0.6) is 0 Å². The minimum atomic E-state index is 0.308. The van der Waals surface area contributed by atoms with Crippen molar-refractivity contribution in [3.05, 3.63) is 82.8 Å². The highest BCUT2D eigenvalue weighted by atomic mass is 15.2.